The number of amides is 2. The SMILES string of the molecule is CC(C=Cc1ccccc1)=NNC(=O)c1ccc(NC(=O)c2ccc(F)cc2)cc1. The summed E-state index contributed by atoms with van der Waals surface area (Å²) in [5, 5.41) is 6.76. The minimum absolute atomic E-state index is 0.339. The van der Waals surface area contributed by atoms with Crippen LogP contribution in [0.1, 0.15) is 33.2 Å². The van der Waals surface area contributed by atoms with Crippen LogP contribution in [0.2, 0.25) is 0 Å². The van der Waals surface area contributed by atoms with Gasteiger partial charge in [-0.2, -0.15) is 5.10 Å². The van der Waals surface area contributed by atoms with Crippen molar-refractivity contribution in [3.05, 3.63) is 107 Å². The molecule has 2 amide bonds. The number of anilines is 1. The van der Waals surface area contributed by atoms with Gasteiger partial charge in [-0.3, -0.25) is 9.59 Å². The van der Waals surface area contributed by atoms with Crippen LogP contribution in [0.5, 0.6) is 0 Å². The van der Waals surface area contributed by atoms with Gasteiger partial charge in [-0.25, -0.2) is 9.82 Å². The first-order chi connectivity index (χ1) is 14.5. The van der Waals surface area contributed by atoms with Crippen molar-refractivity contribution in [2.75, 3.05) is 5.32 Å². The molecule has 3 rings (SSSR count). The highest BCUT2D eigenvalue weighted by molar-refractivity contribution is 6.04. The summed E-state index contributed by atoms with van der Waals surface area (Å²) >= 11 is 0. The second-order valence-electron chi connectivity index (χ2n) is 6.48. The molecule has 0 aliphatic carbocycles. The van der Waals surface area contributed by atoms with Crippen molar-refractivity contribution in [3.63, 3.8) is 0 Å². The molecular weight excluding hydrogens is 381 g/mol. The molecule has 0 fully saturated rings. The lowest BCUT2D eigenvalue weighted by Gasteiger charge is -2.06. The van der Waals surface area contributed by atoms with Gasteiger partial charge in [-0.05, 0) is 67.1 Å². The molecule has 0 atom stereocenters. The summed E-state index contributed by atoms with van der Waals surface area (Å²) in [6.07, 6.45) is 3.72. The fourth-order valence-electron chi connectivity index (χ4n) is 2.53. The van der Waals surface area contributed by atoms with Crippen LogP contribution < -0.4 is 10.7 Å². The monoisotopic (exact) mass is 401 g/mol. The van der Waals surface area contributed by atoms with Crippen LogP contribution >= 0.6 is 0 Å². The summed E-state index contributed by atoms with van der Waals surface area (Å²) < 4.78 is 12.9. The Labute approximate surface area is 173 Å². The zero-order valence-corrected chi connectivity index (χ0v) is 16.3. The fourth-order valence-corrected chi connectivity index (χ4v) is 2.53. The minimum atomic E-state index is -0.407. The highest BCUT2D eigenvalue weighted by Crippen LogP contribution is 2.12. The number of nitrogens with zero attached hydrogens (tertiary/aromatic N) is 1. The number of allylic oxidation sites excluding steroid dienone is 1. The number of hydrazone groups is 1. The highest BCUT2D eigenvalue weighted by Gasteiger charge is 2.08. The van der Waals surface area contributed by atoms with E-state index in [4.69, 9.17) is 0 Å². The molecule has 0 bridgehead atoms. The average Bonchev–Trinajstić information content (AvgIpc) is 2.77. The molecule has 0 aliphatic heterocycles. The first kappa shape index (κ1) is 20.7. The van der Waals surface area contributed by atoms with Crippen molar-refractivity contribution in [2.24, 2.45) is 5.10 Å². The van der Waals surface area contributed by atoms with Crippen LogP contribution in [0.25, 0.3) is 6.08 Å². The number of carbonyl (C=O) groups is 2. The number of hydrogen-bond donors (Lipinski definition) is 2. The third-order valence-corrected chi connectivity index (χ3v) is 4.16. The third kappa shape index (κ3) is 5.97. The molecule has 0 saturated carbocycles. The topological polar surface area (TPSA) is 70.6 Å². The fraction of sp³-hybridized carbons (Fsp3) is 0.0417. The maximum atomic E-state index is 12.9. The van der Waals surface area contributed by atoms with E-state index in [1.165, 1.54) is 24.3 Å². The van der Waals surface area contributed by atoms with Gasteiger partial charge < -0.3 is 5.32 Å². The van der Waals surface area contributed by atoms with Gasteiger partial charge in [-0.15, -0.1) is 0 Å². The Hall–Kier alpha value is -4.06. The van der Waals surface area contributed by atoms with Crippen molar-refractivity contribution < 1.29 is 14.0 Å². The molecule has 0 aliphatic rings. The van der Waals surface area contributed by atoms with Crippen LogP contribution in [-0.2, 0) is 0 Å². The molecule has 0 aromatic heterocycles. The van der Waals surface area contributed by atoms with E-state index in [0.717, 1.165) is 5.56 Å². The van der Waals surface area contributed by atoms with Crippen molar-refractivity contribution in [3.8, 4) is 0 Å². The lowest BCUT2D eigenvalue weighted by molar-refractivity contribution is 0.0954. The Morgan fingerprint density at radius 1 is 0.833 bits per heavy atom. The van der Waals surface area contributed by atoms with Crippen LogP contribution in [0, 0.1) is 5.82 Å². The number of benzene rings is 3. The summed E-state index contributed by atoms with van der Waals surface area (Å²) in [6.45, 7) is 1.79. The van der Waals surface area contributed by atoms with Crippen LogP contribution in [0.3, 0.4) is 0 Å². The molecule has 3 aromatic rings. The van der Waals surface area contributed by atoms with E-state index in [9.17, 15) is 14.0 Å². The number of hydrogen-bond acceptors (Lipinski definition) is 3. The standard InChI is InChI=1S/C24H20FN3O2/c1-17(7-8-18-5-3-2-4-6-18)27-28-24(30)20-11-15-22(16-12-20)26-23(29)19-9-13-21(25)14-10-19/h2-16H,1H3,(H,26,29)(H,28,30). The van der Waals surface area contributed by atoms with Gasteiger partial charge in [0.2, 0.25) is 0 Å². The number of rotatable bonds is 6. The van der Waals surface area contributed by atoms with Gasteiger partial charge in [0.1, 0.15) is 5.82 Å². The lowest BCUT2D eigenvalue weighted by atomic mass is 10.1. The third-order valence-electron chi connectivity index (χ3n) is 4.16. The zero-order valence-electron chi connectivity index (χ0n) is 16.3. The highest BCUT2D eigenvalue weighted by atomic mass is 19.1. The second kappa shape index (κ2) is 9.93. The molecule has 2 N–H and O–H groups in total. The van der Waals surface area contributed by atoms with E-state index in [1.807, 2.05) is 42.5 Å². The predicted molar refractivity (Wildman–Crippen MR) is 117 cm³/mol. The summed E-state index contributed by atoms with van der Waals surface area (Å²) in [5.74, 6) is -1.13. The maximum absolute atomic E-state index is 12.9. The molecule has 0 spiro atoms. The Kier molecular flexibility index (Phi) is 6.84. The first-order valence-corrected chi connectivity index (χ1v) is 9.26. The molecule has 0 radical (unpaired) electrons. The van der Waals surface area contributed by atoms with Gasteiger partial charge in [0.25, 0.3) is 11.8 Å². The molecule has 150 valence electrons. The van der Waals surface area contributed by atoms with Gasteiger partial charge >= 0.3 is 0 Å². The Balaban J connectivity index is 1.56. The van der Waals surface area contributed by atoms with E-state index < -0.39 is 5.82 Å². The molecular formula is C24H20FN3O2. The molecule has 0 unspecified atom stereocenters. The van der Waals surface area contributed by atoms with Crippen LogP contribution in [-0.4, -0.2) is 17.5 Å². The first-order valence-electron chi connectivity index (χ1n) is 9.26. The quantitative estimate of drug-likeness (QED) is 0.456. The second-order valence-corrected chi connectivity index (χ2v) is 6.48. The lowest BCUT2D eigenvalue weighted by Crippen LogP contribution is -2.18. The largest absolute Gasteiger partial charge is 0.322 e. The molecule has 30 heavy (non-hydrogen) atoms. The van der Waals surface area contributed by atoms with Gasteiger partial charge in [-0.1, -0.05) is 36.4 Å². The number of nitrogens with one attached hydrogen (secondary N) is 2. The number of carbonyl (C=O) groups excluding carboxylic acids is 2. The molecule has 6 heteroatoms. The van der Waals surface area contributed by atoms with E-state index in [0.29, 0.717) is 22.5 Å². The number of halogens is 1. The molecule has 3 aromatic carbocycles. The van der Waals surface area contributed by atoms with Crippen molar-refractivity contribution in [1.29, 1.82) is 0 Å². The van der Waals surface area contributed by atoms with Crippen molar-refractivity contribution in [1.82, 2.24) is 5.43 Å². The average molecular weight is 401 g/mol. The summed E-state index contributed by atoms with van der Waals surface area (Å²) in [7, 11) is 0. The normalized spacial score (nSPS) is 11.3. The van der Waals surface area contributed by atoms with Crippen molar-refractivity contribution >= 4 is 29.3 Å². The minimum Gasteiger partial charge on any atom is -0.322 e. The Morgan fingerprint density at radius 2 is 1.43 bits per heavy atom. The van der Waals surface area contributed by atoms with E-state index in [-0.39, 0.29) is 11.8 Å². The van der Waals surface area contributed by atoms with Crippen LogP contribution in [0.4, 0.5) is 10.1 Å². The van der Waals surface area contributed by atoms with E-state index in [2.05, 4.69) is 15.8 Å². The molecule has 0 heterocycles. The Morgan fingerprint density at radius 3 is 2.10 bits per heavy atom. The smallest absolute Gasteiger partial charge is 0.271 e. The van der Waals surface area contributed by atoms with E-state index >= 15 is 0 Å². The Bertz CT molecular complexity index is 1070. The molecule has 0 saturated heterocycles. The molecule has 5 nitrogen and oxygen atoms in total. The van der Waals surface area contributed by atoms with Gasteiger partial charge in [0, 0.05) is 16.8 Å². The maximum Gasteiger partial charge on any atom is 0.271 e. The van der Waals surface area contributed by atoms with E-state index in [1.54, 1.807) is 31.2 Å². The van der Waals surface area contributed by atoms with Crippen molar-refractivity contribution in [2.45, 2.75) is 6.92 Å². The van der Waals surface area contributed by atoms with Gasteiger partial charge in [0.15, 0.2) is 0 Å². The summed E-state index contributed by atoms with van der Waals surface area (Å²) in [4.78, 5) is 24.4. The predicted octanol–water partition coefficient (Wildman–Crippen LogP) is 4.90. The summed E-state index contributed by atoms with van der Waals surface area (Å²) in [6, 6.07) is 21.4. The zero-order chi connectivity index (χ0) is 21.3. The van der Waals surface area contributed by atoms with Gasteiger partial charge in [0.05, 0.1) is 5.71 Å². The summed E-state index contributed by atoms with van der Waals surface area (Å²) in [5.41, 5.74) is 5.45. The van der Waals surface area contributed by atoms with Crippen LogP contribution in [0.15, 0.2) is 90.0 Å².